The molecule has 1 heterocycles. The lowest BCUT2D eigenvalue weighted by atomic mass is 10.1. The van der Waals surface area contributed by atoms with Crippen molar-refractivity contribution in [1.29, 1.82) is 0 Å². The first-order chi connectivity index (χ1) is 7.31. The Hall–Kier alpha value is -1.01. The van der Waals surface area contributed by atoms with Crippen molar-refractivity contribution in [2.45, 2.75) is 19.3 Å². The fourth-order valence-electron chi connectivity index (χ4n) is 1.94. The van der Waals surface area contributed by atoms with E-state index in [0.29, 0.717) is 25.7 Å². The fraction of sp³-hybridized carbons (Fsp3) is 0.750. The molecule has 1 aliphatic heterocycles. The number of nitrogens with zero attached hydrogens (tertiary/aromatic N) is 1. The molecular formula is C12H17NO2. The first-order valence-electron chi connectivity index (χ1n) is 5.61. The van der Waals surface area contributed by atoms with Gasteiger partial charge in [0, 0.05) is 13.2 Å². The Morgan fingerprint density at radius 3 is 2.80 bits per heavy atom. The van der Waals surface area contributed by atoms with Gasteiger partial charge in [0.1, 0.15) is 0 Å². The van der Waals surface area contributed by atoms with Crippen molar-refractivity contribution in [2.24, 2.45) is 11.8 Å². The highest BCUT2D eigenvalue weighted by molar-refractivity contribution is 5.79. The Morgan fingerprint density at radius 2 is 2.27 bits per heavy atom. The van der Waals surface area contributed by atoms with Crippen LogP contribution in [0.5, 0.6) is 0 Å². The fourth-order valence-corrected chi connectivity index (χ4v) is 1.94. The van der Waals surface area contributed by atoms with Crippen molar-refractivity contribution >= 4 is 5.91 Å². The van der Waals surface area contributed by atoms with Gasteiger partial charge in [-0.25, -0.2) is 0 Å². The third-order valence-electron chi connectivity index (χ3n) is 3.05. The monoisotopic (exact) mass is 207 g/mol. The first-order valence-corrected chi connectivity index (χ1v) is 5.61. The molecule has 1 saturated carbocycles. The van der Waals surface area contributed by atoms with Crippen LogP contribution in [0.2, 0.25) is 0 Å². The standard InChI is InChI=1S/C12H17NO2/c1-2-6-13(8-10-3-4-10)12(14)11-5-7-15-9-11/h1,10-11H,3-9H2. The summed E-state index contributed by atoms with van der Waals surface area (Å²) in [6, 6.07) is 0. The van der Waals surface area contributed by atoms with Crippen LogP contribution in [-0.2, 0) is 9.53 Å². The number of terminal acetylenes is 1. The molecule has 1 unspecified atom stereocenters. The number of amides is 1. The van der Waals surface area contributed by atoms with Crippen molar-refractivity contribution in [1.82, 2.24) is 4.90 Å². The molecule has 3 nitrogen and oxygen atoms in total. The van der Waals surface area contributed by atoms with Gasteiger partial charge in [0.15, 0.2) is 0 Å². The molecule has 2 fully saturated rings. The Bertz CT molecular complexity index is 272. The summed E-state index contributed by atoms with van der Waals surface area (Å²) in [5.74, 6) is 3.51. The van der Waals surface area contributed by atoms with Gasteiger partial charge >= 0.3 is 0 Å². The van der Waals surface area contributed by atoms with Crippen molar-refractivity contribution in [3.8, 4) is 12.3 Å². The second-order valence-electron chi connectivity index (χ2n) is 4.43. The van der Waals surface area contributed by atoms with Crippen LogP contribution in [0.3, 0.4) is 0 Å². The van der Waals surface area contributed by atoms with E-state index in [1.165, 1.54) is 12.8 Å². The molecule has 1 atom stereocenters. The minimum atomic E-state index is 0.0529. The third-order valence-corrected chi connectivity index (χ3v) is 3.05. The highest BCUT2D eigenvalue weighted by Crippen LogP contribution is 2.30. The number of carbonyl (C=O) groups is 1. The minimum absolute atomic E-state index is 0.0529. The molecule has 1 aliphatic carbocycles. The quantitative estimate of drug-likeness (QED) is 0.641. The number of hydrogen-bond acceptors (Lipinski definition) is 2. The minimum Gasteiger partial charge on any atom is -0.381 e. The van der Waals surface area contributed by atoms with Crippen LogP contribution in [0.15, 0.2) is 0 Å². The van der Waals surface area contributed by atoms with Crippen molar-refractivity contribution in [3.63, 3.8) is 0 Å². The van der Waals surface area contributed by atoms with Gasteiger partial charge in [0.25, 0.3) is 0 Å². The van der Waals surface area contributed by atoms with Crippen LogP contribution >= 0.6 is 0 Å². The second kappa shape index (κ2) is 4.67. The molecule has 0 spiro atoms. The van der Waals surface area contributed by atoms with Gasteiger partial charge in [0.2, 0.25) is 5.91 Å². The van der Waals surface area contributed by atoms with Gasteiger partial charge < -0.3 is 9.64 Å². The van der Waals surface area contributed by atoms with Gasteiger partial charge in [-0.2, -0.15) is 0 Å². The van der Waals surface area contributed by atoms with E-state index < -0.39 is 0 Å². The topological polar surface area (TPSA) is 29.5 Å². The van der Waals surface area contributed by atoms with Crippen molar-refractivity contribution < 1.29 is 9.53 Å². The summed E-state index contributed by atoms with van der Waals surface area (Å²) in [7, 11) is 0. The number of carbonyl (C=O) groups excluding carboxylic acids is 1. The van der Waals surface area contributed by atoms with Crippen molar-refractivity contribution in [3.05, 3.63) is 0 Å². The predicted molar refractivity (Wildman–Crippen MR) is 57.1 cm³/mol. The van der Waals surface area contributed by atoms with Crippen LogP contribution in [-0.4, -0.2) is 37.1 Å². The van der Waals surface area contributed by atoms with Crippen molar-refractivity contribution in [2.75, 3.05) is 26.3 Å². The summed E-state index contributed by atoms with van der Waals surface area (Å²) in [6.07, 6.45) is 8.63. The second-order valence-corrected chi connectivity index (χ2v) is 4.43. The van der Waals surface area contributed by atoms with Crippen LogP contribution < -0.4 is 0 Å². The van der Waals surface area contributed by atoms with Crippen LogP contribution in [0.25, 0.3) is 0 Å². The van der Waals surface area contributed by atoms with Gasteiger partial charge in [-0.1, -0.05) is 5.92 Å². The van der Waals surface area contributed by atoms with E-state index in [4.69, 9.17) is 11.2 Å². The molecule has 0 aromatic rings. The maximum absolute atomic E-state index is 12.0. The Balaban J connectivity index is 1.89. The molecule has 0 bridgehead atoms. The number of hydrogen-bond donors (Lipinski definition) is 0. The Morgan fingerprint density at radius 1 is 1.47 bits per heavy atom. The van der Waals surface area contributed by atoms with Gasteiger partial charge in [0.05, 0.1) is 19.1 Å². The molecule has 3 heteroatoms. The van der Waals surface area contributed by atoms with Gasteiger partial charge in [-0.05, 0) is 25.2 Å². The number of rotatable bonds is 4. The summed E-state index contributed by atoms with van der Waals surface area (Å²) in [5, 5.41) is 0. The SMILES string of the molecule is C#CCN(CC1CC1)C(=O)C1CCOC1. The normalized spacial score (nSPS) is 24.9. The molecule has 2 rings (SSSR count). The van der Waals surface area contributed by atoms with E-state index >= 15 is 0 Å². The smallest absolute Gasteiger partial charge is 0.228 e. The maximum Gasteiger partial charge on any atom is 0.228 e. The lowest BCUT2D eigenvalue weighted by Crippen LogP contribution is -2.38. The first kappa shape index (κ1) is 10.5. The van der Waals surface area contributed by atoms with E-state index in [0.717, 1.165) is 13.0 Å². The van der Waals surface area contributed by atoms with Crippen LogP contribution in [0.4, 0.5) is 0 Å². The molecule has 15 heavy (non-hydrogen) atoms. The highest BCUT2D eigenvalue weighted by atomic mass is 16.5. The molecule has 1 amide bonds. The van der Waals surface area contributed by atoms with Crippen LogP contribution in [0, 0.1) is 24.2 Å². The lowest BCUT2D eigenvalue weighted by Gasteiger charge is -2.22. The largest absolute Gasteiger partial charge is 0.381 e. The third kappa shape index (κ3) is 2.73. The van der Waals surface area contributed by atoms with E-state index in [9.17, 15) is 4.79 Å². The van der Waals surface area contributed by atoms with Gasteiger partial charge in [-0.15, -0.1) is 6.42 Å². The Labute approximate surface area is 90.8 Å². The summed E-state index contributed by atoms with van der Waals surface area (Å²) in [4.78, 5) is 13.9. The highest BCUT2D eigenvalue weighted by Gasteiger charge is 2.31. The van der Waals surface area contributed by atoms with E-state index in [1.807, 2.05) is 4.90 Å². The average Bonchev–Trinajstić information content (AvgIpc) is 2.88. The Kier molecular flexibility index (Phi) is 3.27. The molecule has 0 N–H and O–H groups in total. The maximum atomic E-state index is 12.0. The summed E-state index contributed by atoms with van der Waals surface area (Å²) >= 11 is 0. The van der Waals surface area contributed by atoms with E-state index in [-0.39, 0.29) is 11.8 Å². The average molecular weight is 207 g/mol. The summed E-state index contributed by atoms with van der Waals surface area (Å²) in [6.45, 7) is 2.58. The summed E-state index contributed by atoms with van der Waals surface area (Å²) in [5.41, 5.74) is 0. The molecule has 0 radical (unpaired) electrons. The zero-order valence-electron chi connectivity index (χ0n) is 8.95. The number of ether oxygens (including phenoxy) is 1. The molecule has 1 saturated heterocycles. The lowest BCUT2D eigenvalue weighted by molar-refractivity contribution is -0.135. The molecule has 0 aromatic carbocycles. The molecule has 2 aliphatic rings. The zero-order chi connectivity index (χ0) is 10.7. The van der Waals surface area contributed by atoms with E-state index in [2.05, 4.69) is 5.92 Å². The molecule has 82 valence electrons. The molecule has 0 aromatic heterocycles. The molecular weight excluding hydrogens is 190 g/mol. The van der Waals surface area contributed by atoms with Gasteiger partial charge in [-0.3, -0.25) is 4.79 Å². The predicted octanol–water partition coefficient (Wildman–Crippen LogP) is 0.895. The van der Waals surface area contributed by atoms with Crippen LogP contribution in [0.1, 0.15) is 19.3 Å². The summed E-state index contributed by atoms with van der Waals surface area (Å²) < 4.78 is 5.23. The zero-order valence-corrected chi connectivity index (χ0v) is 8.95. The van der Waals surface area contributed by atoms with E-state index in [1.54, 1.807) is 0 Å².